The van der Waals surface area contributed by atoms with E-state index in [1.54, 1.807) is 6.08 Å². The van der Waals surface area contributed by atoms with Crippen LogP contribution in [0.3, 0.4) is 0 Å². The lowest BCUT2D eigenvalue weighted by atomic mass is 9.97. The maximum absolute atomic E-state index is 13.2. The predicted octanol–water partition coefficient (Wildman–Crippen LogP) is 9.67. The first-order valence-electron chi connectivity index (χ1n) is 29.6. The maximum atomic E-state index is 13.2. The minimum atomic E-state index is -1.79. The molecule has 14 heteroatoms. The summed E-state index contributed by atoms with van der Waals surface area (Å²) in [6, 6.07) is -0.927. The second-order valence-corrected chi connectivity index (χ2v) is 21.1. The van der Waals surface area contributed by atoms with E-state index >= 15 is 0 Å². The number of carbonyl (C=O) groups excluding carboxylic acids is 1. The standard InChI is InChI=1S/C58H109NO13/c1-3-5-7-9-11-13-15-17-19-21-22-23-24-26-28-30-32-34-36-38-40-42-50(63)59-46(47(62)41-39-37-35-33-31-29-27-25-20-18-16-14-12-10-8-6-4-2)45-69-57-55(68)53(66)56(49(44-61)71-57)72-58-54(67)52(65)51(64)48(43-60)70-58/h31,33,39,41,46-49,51-58,60-62,64-68H,3-30,32,34-38,40,42-45H2,1-2H3,(H,59,63)/b33-31+,41-39+. The number of allylic oxidation sites excluding steroid dienone is 3. The number of unbranched alkanes of at least 4 members (excludes halogenated alkanes) is 32. The summed E-state index contributed by atoms with van der Waals surface area (Å²) in [5.41, 5.74) is 0. The van der Waals surface area contributed by atoms with Crippen molar-refractivity contribution in [1.82, 2.24) is 5.32 Å². The Balaban J connectivity index is 1.78. The molecule has 2 heterocycles. The minimum absolute atomic E-state index is 0.245. The Morgan fingerprint density at radius 1 is 0.486 bits per heavy atom. The van der Waals surface area contributed by atoms with E-state index in [4.69, 9.17) is 18.9 Å². The number of nitrogens with one attached hydrogen (secondary N) is 1. The number of carbonyl (C=O) groups is 1. The van der Waals surface area contributed by atoms with Gasteiger partial charge in [0, 0.05) is 6.42 Å². The Hall–Kier alpha value is -1.53. The first-order valence-corrected chi connectivity index (χ1v) is 29.6. The number of amides is 1. The van der Waals surface area contributed by atoms with E-state index in [0.717, 1.165) is 32.1 Å². The zero-order chi connectivity index (χ0) is 52.4. The normalized spacial score (nSPS) is 25.7. The summed E-state index contributed by atoms with van der Waals surface area (Å²) in [4.78, 5) is 13.2. The van der Waals surface area contributed by atoms with Crippen LogP contribution in [0.1, 0.15) is 245 Å². The molecule has 12 atom stereocenters. The quantitative estimate of drug-likeness (QED) is 0.0205. The lowest BCUT2D eigenvalue weighted by Gasteiger charge is -2.46. The highest BCUT2D eigenvalue weighted by molar-refractivity contribution is 5.76. The van der Waals surface area contributed by atoms with Crippen molar-refractivity contribution in [3.05, 3.63) is 24.3 Å². The van der Waals surface area contributed by atoms with E-state index in [0.29, 0.717) is 12.8 Å². The Bertz CT molecular complexity index is 1300. The molecule has 14 nitrogen and oxygen atoms in total. The van der Waals surface area contributed by atoms with E-state index in [-0.39, 0.29) is 18.9 Å². The van der Waals surface area contributed by atoms with Gasteiger partial charge < -0.3 is 65.1 Å². The third-order valence-electron chi connectivity index (χ3n) is 14.6. The fraction of sp³-hybridized carbons (Fsp3) is 0.914. The van der Waals surface area contributed by atoms with Crippen molar-refractivity contribution in [1.29, 1.82) is 0 Å². The molecule has 0 aromatic heterocycles. The largest absolute Gasteiger partial charge is 0.394 e. The van der Waals surface area contributed by atoms with E-state index < -0.39 is 86.8 Å². The van der Waals surface area contributed by atoms with Crippen LogP contribution in [-0.2, 0) is 23.7 Å². The Kier molecular flexibility index (Phi) is 41.2. The smallest absolute Gasteiger partial charge is 0.220 e. The third kappa shape index (κ3) is 30.3. The number of hydrogen-bond donors (Lipinski definition) is 9. The number of ether oxygens (including phenoxy) is 4. The van der Waals surface area contributed by atoms with Gasteiger partial charge in [-0.1, -0.05) is 231 Å². The van der Waals surface area contributed by atoms with Gasteiger partial charge in [-0.15, -0.1) is 0 Å². The highest BCUT2D eigenvalue weighted by Crippen LogP contribution is 2.30. The topological polar surface area (TPSA) is 228 Å². The zero-order valence-electron chi connectivity index (χ0n) is 45.4. The average molecular weight is 1030 g/mol. The molecule has 0 aliphatic carbocycles. The number of rotatable bonds is 47. The Morgan fingerprint density at radius 3 is 1.36 bits per heavy atom. The van der Waals surface area contributed by atoms with Crippen LogP contribution >= 0.6 is 0 Å². The van der Waals surface area contributed by atoms with Crippen molar-refractivity contribution in [2.24, 2.45) is 0 Å². The lowest BCUT2D eigenvalue weighted by molar-refractivity contribution is -0.359. The van der Waals surface area contributed by atoms with Gasteiger partial charge in [-0.05, 0) is 32.1 Å². The van der Waals surface area contributed by atoms with Crippen LogP contribution in [0, 0.1) is 0 Å². The van der Waals surface area contributed by atoms with Crippen LogP contribution in [0.2, 0.25) is 0 Å². The van der Waals surface area contributed by atoms with Gasteiger partial charge in [-0.2, -0.15) is 0 Å². The summed E-state index contributed by atoms with van der Waals surface area (Å²) >= 11 is 0. The van der Waals surface area contributed by atoms with Gasteiger partial charge in [0.1, 0.15) is 48.8 Å². The molecular formula is C58H109NO13. The van der Waals surface area contributed by atoms with E-state index in [9.17, 15) is 45.6 Å². The summed E-state index contributed by atoms with van der Waals surface area (Å²) < 4.78 is 22.8. The van der Waals surface area contributed by atoms with Crippen molar-refractivity contribution < 1.29 is 64.6 Å². The molecule has 1 amide bonds. The predicted molar refractivity (Wildman–Crippen MR) is 286 cm³/mol. The van der Waals surface area contributed by atoms with Crippen molar-refractivity contribution in [3.63, 3.8) is 0 Å². The maximum Gasteiger partial charge on any atom is 0.220 e. The van der Waals surface area contributed by atoms with E-state index in [1.807, 2.05) is 6.08 Å². The molecule has 0 radical (unpaired) electrons. The van der Waals surface area contributed by atoms with Crippen molar-refractivity contribution >= 4 is 5.91 Å². The molecule has 72 heavy (non-hydrogen) atoms. The fourth-order valence-electron chi connectivity index (χ4n) is 9.84. The molecule has 0 saturated carbocycles. The van der Waals surface area contributed by atoms with E-state index in [1.165, 1.54) is 180 Å². The molecule has 2 aliphatic rings. The van der Waals surface area contributed by atoms with Crippen LogP contribution in [0.5, 0.6) is 0 Å². The molecular weight excluding hydrogens is 919 g/mol. The van der Waals surface area contributed by atoms with Crippen LogP contribution in [0.4, 0.5) is 0 Å². The molecule has 0 bridgehead atoms. The van der Waals surface area contributed by atoms with Gasteiger partial charge in [-0.25, -0.2) is 0 Å². The average Bonchev–Trinajstić information content (AvgIpc) is 3.38. The highest BCUT2D eigenvalue weighted by Gasteiger charge is 2.51. The van der Waals surface area contributed by atoms with Crippen molar-refractivity contribution in [2.75, 3.05) is 19.8 Å². The number of hydrogen-bond acceptors (Lipinski definition) is 13. The first kappa shape index (κ1) is 66.6. The summed E-state index contributed by atoms with van der Waals surface area (Å²) in [7, 11) is 0. The van der Waals surface area contributed by atoms with Crippen LogP contribution < -0.4 is 5.32 Å². The van der Waals surface area contributed by atoms with Gasteiger partial charge in [0.25, 0.3) is 0 Å². The lowest BCUT2D eigenvalue weighted by Crippen LogP contribution is -2.65. The van der Waals surface area contributed by atoms with E-state index in [2.05, 4.69) is 31.3 Å². The number of aliphatic hydroxyl groups excluding tert-OH is 8. The molecule has 2 fully saturated rings. The fourth-order valence-corrected chi connectivity index (χ4v) is 9.84. The van der Waals surface area contributed by atoms with Crippen LogP contribution in [0.15, 0.2) is 24.3 Å². The summed E-state index contributed by atoms with van der Waals surface area (Å²) in [6.07, 6.45) is 35.0. The minimum Gasteiger partial charge on any atom is -0.394 e. The second-order valence-electron chi connectivity index (χ2n) is 21.1. The summed E-state index contributed by atoms with van der Waals surface area (Å²) in [6.45, 7) is 2.80. The van der Waals surface area contributed by atoms with Gasteiger partial charge in [0.05, 0.1) is 32.0 Å². The molecule has 0 aromatic carbocycles. The van der Waals surface area contributed by atoms with Gasteiger partial charge in [-0.3, -0.25) is 4.79 Å². The third-order valence-corrected chi connectivity index (χ3v) is 14.6. The van der Waals surface area contributed by atoms with Crippen molar-refractivity contribution in [2.45, 2.75) is 319 Å². The molecule has 2 aliphatic heterocycles. The molecule has 0 aromatic rings. The molecule has 2 rings (SSSR count). The van der Waals surface area contributed by atoms with Crippen LogP contribution in [0.25, 0.3) is 0 Å². The molecule has 2 saturated heterocycles. The highest BCUT2D eigenvalue weighted by atomic mass is 16.7. The Morgan fingerprint density at radius 2 is 0.889 bits per heavy atom. The zero-order valence-corrected chi connectivity index (χ0v) is 45.4. The molecule has 424 valence electrons. The van der Waals surface area contributed by atoms with Gasteiger partial charge in [0.2, 0.25) is 5.91 Å². The summed E-state index contributed by atoms with van der Waals surface area (Å²) in [5, 5.41) is 87.0. The van der Waals surface area contributed by atoms with Gasteiger partial charge >= 0.3 is 0 Å². The monoisotopic (exact) mass is 1030 g/mol. The first-order chi connectivity index (χ1) is 35.1. The SMILES string of the molecule is CCCCCCCCCCCCC/C=C/CC/C=C/C(O)C(COC1OC(CO)C(OC2OC(CO)C(O)C(O)C2O)C(O)C1O)NC(=O)CCCCCCCCCCCCCCCCCCCCCCC. The van der Waals surface area contributed by atoms with Crippen LogP contribution in [-0.4, -0.2) is 140 Å². The molecule has 9 N–H and O–H groups in total. The molecule has 0 spiro atoms. The Labute approximate surface area is 437 Å². The second kappa shape index (κ2) is 44.6. The summed E-state index contributed by atoms with van der Waals surface area (Å²) in [5.74, 6) is -0.245. The van der Waals surface area contributed by atoms with Crippen molar-refractivity contribution in [3.8, 4) is 0 Å². The number of aliphatic hydroxyl groups is 8. The molecule has 12 unspecified atom stereocenters. The van der Waals surface area contributed by atoms with Gasteiger partial charge in [0.15, 0.2) is 12.6 Å².